The predicted octanol–water partition coefficient (Wildman–Crippen LogP) is 0.454. The first-order valence-electron chi connectivity index (χ1n) is 6.19. The number of amides is 2. The Kier molecular flexibility index (Phi) is 6.22. The molecule has 0 saturated carbocycles. The Balaban J connectivity index is 2.71. The van der Waals surface area contributed by atoms with E-state index in [1.807, 2.05) is 30.3 Å². The highest BCUT2D eigenvalue weighted by Gasteiger charge is 2.18. The number of hydrogen-bond donors (Lipinski definition) is 1. The van der Waals surface area contributed by atoms with Crippen LogP contribution in [0.3, 0.4) is 0 Å². The monoisotopic (exact) mass is 278 g/mol. The van der Waals surface area contributed by atoms with E-state index in [9.17, 15) is 14.4 Å². The van der Waals surface area contributed by atoms with Crippen molar-refractivity contribution < 1.29 is 19.1 Å². The Morgan fingerprint density at radius 1 is 1.20 bits per heavy atom. The van der Waals surface area contributed by atoms with Gasteiger partial charge in [-0.3, -0.25) is 14.4 Å². The summed E-state index contributed by atoms with van der Waals surface area (Å²) in [6.45, 7) is 0.504. The maximum absolute atomic E-state index is 12.0. The van der Waals surface area contributed by atoms with Gasteiger partial charge in [0.15, 0.2) is 0 Å². The van der Waals surface area contributed by atoms with Gasteiger partial charge in [-0.05, 0) is 5.56 Å². The number of methoxy groups -OCH3 is 1. The molecule has 0 bridgehead atoms. The molecule has 0 fully saturated rings. The minimum absolute atomic E-state index is 0.0553. The van der Waals surface area contributed by atoms with Gasteiger partial charge < -0.3 is 15.4 Å². The molecule has 2 N–H and O–H groups in total. The first kappa shape index (κ1) is 15.7. The van der Waals surface area contributed by atoms with Gasteiger partial charge in [0.05, 0.1) is 7.11 Å². The van der Waals surface area contributed by atoms with Crippen molar-refractivity contribution in [3.63, 3.8) is 0 Å². The van der Waals surface area contributed by atoms with Crippen LogP contribution < -0.4 is 5.73 Å². The van der Waals surface area contributed by atoms with E-state index in [-0.39, 0.29) is 25.3 Å². The fraction of sp³-hybridized carbons (Fsp3) is 0.357. The van der Waals surface area contributed by atoms with Gasteiger partial charge in [-0.2, -0.15) is 0 Å². The highest BCUT2D eigenvalue weighted by Crippen LogP contribution is 2.07. The molecule has 0 spiro atoms. The second kappa shape index (κ2) is 7.93. The SMILES string of the molecule is COC(=O)CC(=O)N(CCC(N)=O)Cc1ccccc1. The summed E-state index contributed by atoms with van der Waals surface area (Å²) < 4.78 is 4.47. The Labute approximate surface area is 117 Å². The lowest BCUT2D eigenvalue weighted by atomic mass is 10.2. The van der Waals surface area contributed by atoms with Crippen molar-refractivity contribution in [2.24, 2.45) is 5.73 Å². The average Bonchev–Trinajstić information content (AvgIpc) is 2.44. The highest BCUT2D eigenvalue weighted by atomic mass is 16.5. The molecule has 2 amide bonds. The molecule has 108 valence electrons. The molecule has 6 heteroatoms. The molecular weight excluding hydrogens is 260 g/mol. The molecule has 0 aliphatic rings. The zero-order valence-electron chi connectivity index (χ0n) is 11.4. The zero-order chi connectivity index (χ0) is 15.0. The van der Waals surface area contributed by atoms with Crippen molar-refractivity contribution in [2.75, 3.05) is 13.7 Å². The number of ether oxygens (including phenoxy) is 1. The Hall–Kier alpha value is -2.37. The average molecular weight is 278 g/mol. The van der Waals surface area contributed by atoms with Crippen molar-refractivity contribution in [2.45, 2.75) is 19.4 Å². The fourth-order valence-electron chi connectivity index (χ4n) is 1.65. The maximum Gasteiger partial charge on any atom is 0.315 e. The van der Waals surface area contributed by atoms with E-state index >= 15 is 0 Å². The van der Waals surface area contributed by atoms with Gasteiger partial charge in [-0.1, -0.05) is 30.3 Å². The van der Waals surface area contributed by atoms with E-state index < -0.39 is 11.9 Å². The normalized spacial score (nSPS) is 9.85. The van der Waals surface area contributed by atoms with Crippen LogP contribution in [-0.2, 0) is 25.7 Å². The summed E-state index contributed by atoms with van der Waals surface area (Å²) in [5.41, 5.74) is 6.01. The molecule has 0 unspecified atom stereocenters. The van der Waals surface area contributed by atoms with Crippen LogP contribution in [0.25, 0.3) is 0 Å². The minimum Gasteiger partial charge on any atom is -0.469 e. The van der Waals surface area contributed by atoms with Gasteiger partial charge >= 0.3 is 5.97 Å². The van der Waals surface area contributed by atoms with Gasteiger partial charge in [0.2, 0.25) is 11.8 Å². The molecule has 0 radical (unpaired) electrons. The molecule has 0 heterocycles. The van der Waals surface area contributed by atoms with E-state index in [1.165, 1.54) is 12.0 Å². The zero-order valence-corrected chi connectivity index (χ0v) is 11.4. The van der Waals surface area contributed by atoms with E-state index in [2.05, 4.69) is 4.74 Å². The predicted molar refractivity (Wildman–Crippen MR) is 72.3 cm³/mol. The summed E-state index contributed by atoms with van der Waals surface area (Å²) >= 11 is 0. The summed E-state index contributed by atoms with van der Waals surface area (Å²) in [6, 6.07) is 9.30. The Morgan fingerprint density at radius 2 is 1.85 bits per heavy atom. The second-order valence-corrected chi connectivity index (χ2v) is 4.27. The number of carbonyl (C=O) groups is 3. The number of benzene rings is 1. The fourth-order valence-corrected chi connectivity index (χ4v) is 1.65. The van der Waals surface area contributed by atoms with Crippen molar-refractivity contribution in [1.29, 1.82) is 0 Å². The number of carbonyl (C=O) groups excluding carboxylic acids is 3. The molecule has 0 saturated heterocycles. The third kappa shape index (κ3) is 5.51. The highest BCUT2D eigenvalue weighted by molar-refractivity contribution is 5.94. The third-order valence-corrected chi connectivity index (χ3v) is 2.72. The molecule has 0 aliphatic heterocycles. The first-order chi connectivity index (χ1) is 9.52. The van der Waals surface area contributed by atoms with Crippen molar-refractivity contribution in [1.82, 2.24) is 4.90 Å². The van der Waals surface area contributed by atoms with Gasteiger partial charge in [-0.15, -0.1) is 0 Å². The molecule has 0 aromatic heterocycles. The van der Waals surface area contributed by atoms with Gasteiger partial charge in [-0.25, -0.2) is 0 Å². The summed E-state index contributed by atoms with van der Waals surface area (Å²) in [6.07, 6.45) is -0.290. The molecule has 1 rings (SSSR count). The van der Waals surface area contributed by atoms with Crippen LogP contribution in [0.15, 0.2) is 30.3 Å². The van der Waals surface area contributed by atoms with E-state index in [4.69, 9.17) is 5.73 Å². The summed E-state index contributed by atoms with van der Waals surface area (Å²) in [5, 5.41) is 0. The van der Waals surface area contributed by atoms with Crippen molar-refractivity contribution in [3.05, 3.63) is 35.9 Å². The van der Waals surface area contributed by atoms with Crippen LogP contribution in [0.2, 0.25) is 0 Å². The summed E-state index contributed by atoms with van der Waals surface area (Å²) in [4.78, 5) is 35.4. The van der Waals surface area contributed by atoms with E-state index in [1.54, 1.807) is 0 Å². The number of hydrogen-bond acceptors (Lipinski definition) is 4. The van der Waals surface area contributed by atoms with Gasteiger partial charge in [0, 0.05) is 19.5 Å². The largest absolute Gasteiger partial charge is 0.469 e. The second-order valence-electron chi connectivity index (χ2n) is 4.27. The number of nitrogens with zero attached hydrogens (tertiary/aromatic N) is 1. The van der Waals surface area contributed by atoms with Crippen molar-refractivity contribution in [3.8, 4) is 0 Å². The number of rotatable bonds is 7. The lowest BCUT2D eigenvalue weighted by Gasteiger charge is -2.22. The van der Waals surface area contributed by atoms with E-state index in [0.717, 1.165) is 5.56 Å². The van der Waals surface area contributed by atoms with Gasteiger partial charge in [0.25, 0.3) is 0 Å². The maximum atomic E-state index is 12.0. The summed E-state index contributed by atoms with van der Waals surface area (Å²) in [5.74, 6) is -1.48. The van der Waals surface area contributed by atoms with Crippen LogP contribution in [0.1, 0.15) is 18.4 Å². The van der Waals surface area contributed by atoms with Crippen LogP contribution in [-0.4, -0.2) is 36.3 Å². The van der Waals surface area contributed by atoms with Gasteiger partial charge in [0.1, 0.15) is 6.42 Å². The molecule has 1 aromatic carbocycles. The minimum atomic E-state index is -0.605. The van der Waals surface area contributed by atoms with Crippen LogP contribution in [0, 0.1) is 0 Å². The molecule has 0 atom stereocenters. The third-order valence-electron chi connectivity index (χ3n) is 2.72. The Morgan fingerprint density at radius 3 is 2.40 bits per heavy atom. The molecular formula is C14H18N2O4. The number of nitrogens with two attached hydrogens (primary N) is 1. The van der Waals surface area contributed by atoms with E-state index in [0.29, 0.717) is 6.54 Å². The molecule has 6 nitrogen and oxygen atoms in total. The topological polar surface area (TPSA) is 89.7 Å². The lowest BCUT2D eigenvalue weighted by Crippen LogP contribution is -2.35. The van der Waals surface area contributed by atoms with Crippen LogP contribution in [0.4, 0.5) is 0 Å². The van der Waals surface area contributed by atoms with Crippen LogP contribution >= 0.6 is 0 Å². The van der Waals surface area contributed by atoms with Crippen molar-refractivity contribution >= 4 is 17.8 Å². The quantitative estimate of drug-likeness (QED) is 0.579. The van der Waals surface area contributed by atoms with Crippen LogP contribution in [0.5, 0.6) is 0 Å². The Bertz CT molecular complexity index is 473. The molecule has 1 aromatic rings. The number of esters is 1. The molecule has 0 aliphatic carbocycles. The first-order valence-corrected chi connectivity index (χ1v) is 6.19. The lowest BCUT2D eigenvalue weighted by molar-refractivity contribution is -0.147. The number of primary amides is 1. The standard InChI is InChI=1S/C14H18N2O4/c1-20-14(19)9-13(18)16(8-7-12(15)17)10-11-5-3-2-4-6-11/h2-6H,7-10H2,1H3,(H2,15,17). The summed E-state index contributed by atoms with van der Waals surface area (Å²) in [7, 11) is 1.22. The molecule has 20 heavy (non-hydrogen) atoms. The smallest absolute Gasteiger partial charge is 0.315 e.